The summed E-state index contributed by atoms with van der Waals surface area (Å²) in [6, 6.07) is 40.0. The van der Waals surface area contributed by atoms with Gasteiger partial charge in [-0.1, -0.05) is 0 Å². The molecule has 0 aromatic heterocycles. The quantitative estimate of drug-likeness (QED) is 0.279. The third kappa shape index (κ3) is 16.5. The van der Waals surface area contributed by atoms with Crippen molar-refractivity contribution in [2.45, 2.75) is 0 Å². The normalized spacial score (nSPS) is 7.27. The molecule has 0 fully saturated rings. The Morgan fingerprint density at radius 1 is 0.318 bits per heavy atom. The Morgan fingerprint density at radius 2 is 0.455 bits per heavy atom. The van der Waals surface area contributed by atoms with E-state index >= 15 is 0 Å². The fourth-order valence-electron chi connectivity index (χ4n) is 1.28. The van der Waals surface area contributed by atoms with Gasteiger partial charge in [0.15, 0.2) is 0 Å². The van der Waals surface area contributed by atoms with Crippen molar-refractivity contribution >= 4 is 0 Å². The summed E-state index contributed by atoms with van der Waals surface area (Å²) < 4.78 is 0. The molecule has 0 aliphatic heterocycles. The molecule has 22 heavy (non-hydrogen) atoms. The molecule has 0 amide bonds. The van der Waals surface area contributed by atoms with Gasteiger partial charge >= 0.3 is 34.4 Å². The van der Waals surface area contributed by atoms with Gasteiger partial charge in [0.25, 0.3) is 0 Å². The van der Waals surface area contributed by atoms with E-state index in [0.29, 0.717) is 0 Å². The average Bonchev–Trinajstić information content (AvgIpc) is 3.40. The number of hydrogen-bond donors (Lipinski definition) is 0. The Morgan fingerprint density at radius 3 is 0.500 bits per heavy atom. The SMILES string of the molecule is [Cr+2].[Fe+2].c1cc[cH-]c1.c1cc[cH-]c1.c1cc[cH-]c1.c1cc[cH-]c1. The van der Waals surface area contributed by atoms with Crippen molar-refractivity contribution in [3.8, 4) is 0 Å². The zero-order valence-electron chi connectivity index (χ0n) is 12.3. The first-order chi connectivity index (χ1) is 10.0. The molecule has 0 saturated heterocycles. The van der Waals surface area contributed by atoms with Crippen molar-refractivity contribution in [3.63, 3.8) is 0 Å². The first-order valence-electron chi connectivity index (χ1n) is 6.67. The Hall–Kier alpha value is -1.55. The molecule has 0 heterocycles. The Labute approximate surface area is 155 Å². The monoisotopic (exact) mass is 368 g/mol. The maximum atomic E-state index is 2.00. The van der Waals surface area contributed by atoms with Gasteiger partial charge in [-0.2, -0.15) is 72.8 Å². The molecular weight excluding hydrogens is 348 g/mol. The maximum Gasteiger partial charge on any atom is 2.00 e. The van der Waals surface area contributed by atoms with E-state index in [0.717, 1.165) is 0 Å². The second-order valence-corrected chi connectivity index (χ2v) is 3.85. The molecular formula is C20H20CrFe. The molecule has 0 N–H and O–H groups in total. The minimum atomic E-state index is 0. The van der Waals surface area contributed by atoms with Crippen LogP contribution >= 0.6 is 0 Å². The fourth-order valence-corrected chi connectivity index (χ4v) is 1.28. The van der Waals surface area contributed by atoms with Gasteiger partial charge in [0.1, 0.15) is 0 Å². The van der Waals surface area contributed by atoms with Gasteiger partial charge in [0.05, 0.1) is 0 Å². The van der Waals surface area contributed by atoms with Crippen LogP contribution in [0.2, 0.25) is 0 Å². The van der Waals surface area contributed by atoms with Crippen LogP contribution in [0.5, 0.6) is 0 Å². The standard InChI is InChI=1S/4C5H5.Cr.Fe/c4*1-2-4-5-3-1;;/h4*1-5H;;/q4*-1;2*+2. The van der Waals surface area contributed by atoms with E-state index in [1.165, 1.54) is 0 Å². The topological polar surface area (TPSA) is 0 Å². The van der Waals surface area contributed by atoms with E-state index in [1.54, 1.807) is 0 Å². The summed E-state index contributed by atoms with van der Waals surface area (Å²) in [5, 5.41) is 0. The number of hydrogen-bond acceptors (Lipinski definition) is 0. The zero-order valence-corrected chi connectivity index (χ0v) is 14.7. The molecule has 114 valence electrons. The molecule has 4 aromatic carbocycles. The molecule has 4 aromatic rings. The average molecular weight is 368 g/mol. The van der Waals surface area contributed by atoms with Crippen LogP contribution in [0.25, 0.3) is 0 Å². The summed E-state index contributed by atoms with van der Waals surface area (Å²) in [6.07, 6.45) is 0. The van der Waals surface area contributed by atoms with Crippen molar-refractivity contribution in [2.75, 3.05) is 0 Å². The van der Waals surface area contributed by atoms with Crippen molar-refractivity contribution < 1.29 is 34.4 Å². The van der Waals surface area contributed by atoms with E-state index in [9.17, 15) is 0 Å². The summed E-state index contributed by atoms with van der Waals surface area (Å²) in [4.78, 5) is 0. The molecule has 0 unspecified atom stereocenters. The molecule has 0 radical (unpaired) electrons. The summed E-state index contributed by atoms with van der Waals surface area (Å²) in [5.41, 5.74) is 0. The van der Waals surface area contributed by atoms with Gasteiger partial charge in [-0.3, -0.25) is 0 Å². The summed E-state index contributed by atoms with van der Waals surface area (Å²) in [5.74, 6) is 0. The predicted molar refractivity (Wildman–Crippen MR) is 88.1 cm³/mol. The van der Waals surface area contributed by atoms with E-state index in [2.05, 4.69) is 0 Å². The van der Waals surface area contributed by atoms with Crippen LogP contribution in [0.15, 0.2) is 121 Å². The van der Waals surface area contributed by atoms with E-state index in [1.807, 2.05) is 121 Å². The van der Waals surface area contributed by atoms with Crippen molar-refractivity contribution in [2.24, 2.45) is 0 Å². The molecule has 0 nitrogen and oxygen atoms in total. The van der Waals surface area contributed by atoms with Crippen LogP contribution in [0.3, 0.4) is 0 Å². The second-order valence-electron chi connectivity index (χ2n) is 3.85. The molecule has 0 aliphatic carbocycles. The first-order valence-corrected chi connectivity index (χ1v) is 6.67. The second kappa shape index (κ2) is 19.5. The Balaban J connectivity index is 0. The molecule has 0 atom stereocenters. The van der Waals surface area contributed by atoms with Crippen molar-refractivity contribution in [1.82, 2.24) is 0 Å². The maximum absolute atomic E-state index is 2.00. The van der Waals surface area contributed by atoms with Gasteiger partial charge in [0, 0.05) is 0 Å². The molecule has 2 heteroatoms. The molecule has 4 rings (SSSR count). The molecule has 0 bridgehead atoms. The summed E-state index contributed by atoms with van der Waals surface area (Å²) >= 11 is 0. The first kappa shape index (κ1) is 22.7. The van der Waals surface area contributed by atoms with Crippen LogP contribution < -0.4 is 0 Å². The molecule has 0 saturated carbocycles. The molecule has 0 aliphatic rings. The van der Waals surface area contributed by atoms with Crippen LogP contribution in [-0.4, -0.2) is 0 Å². The van der Waals surface area contributed by atoms with Gasteiger partial charge in [-0.15, -0.1) is 0 Å². The summed E-state index contributed by atoms with van der Waals surface area (Å²) in [6.45, 7) is 0. The predicted octanol–water partition coefficient (Wildman–Crippen LogP) is 5.62. The minimum Gasteiger partial charge on any atom is -0.214 e. The number of rotatable bonds is 0. The van der Waals surface area contributed by atoms with E-state index in [4.69, 9.17) is 0 Å². The van der Waals surface area contributed by atoms with Crippen LogP contribution in [0.1, 0.15) is 0 Å². The van der Waals surface area contributed by atoms with Crippen molar-refractivity contribution in [3.05, 3.63) is 121 Å². The zero-order chi connectivity index (χ0) is 14.1. The van der Waals surface area contributed by atoms with Gasteiger partial charge in [0.2, 0.25) is 0 Å². The van der Waals surface area contributed by atoms with Crippen LogP contribution in [0, 0.1) is 0 Å². The van der Waals surface area contributed by atoms with E-state index < -0.39 is 0 Å². The van der Waals surface area contributed by atoms with Crippen LogP contribution in [-0.2, 0) is 34.4 Å². The third-order valence-corrected chi connectivity index (χ3v) is 2.22. The largest absolute Gasteiger partial charge is 2.00 e. The smallest absolute Gasteiger partial charge is 0.214 e. The van der Waals surface area contributed by atoms with Gasteiger partial charge in [-0.05, 0) is 0 Å². The van der Waals surface area contributed by atoms with Gasteiger partial charge in [-0.25, -0.2) is 48.5 Å². The third-order valence-electron chi connectivity index (χ3n) is 2.22. The Kier molecular flexibility index (Phi) is 20.1. The summed E-state index contributed by atoms with van der Waals surface area (Å²) in [7, 11) is 0. The minimum absolute atomic E-state index is 0. The van der Waals surface area contributed by atoms with Crippen LogP contribution in [0.4, 0.5) is 0 Å². The van der Waals surface area contributed by atoms with E-state index in [-0.39, 0.29) is 34.4 Å². The fraction of sp³-hybridized carbons (Fsp3) is 0. The van der Waals surface area contributed by atoms with Gasteiger partial charge < -0.3 is 0 Å². The Bertz CT molecular complexity index is 343. The molecule has 0 spiro atoms. The van der Waals surface area contributed by atoms with Crippen molar-refractivity contribution in [1.29, 1.82) is 0 Å².